The van der Waals surface area contributed by atoms with Gasteiger partial charge >= 0.3 is 6.09 Å². The molecule has 0 fully saturated rings. The lowest BCUT2D eigenvalue weighted by Crippen LogP contribution is -2.27. The van der Waals surface area contributed by atoms with Gasteiger partial charge in [-0.1, -0.05) is 78.9 Å². The number of pyridine rings is 1. The van der Waals surface area contributed by atoms with Crippen molar-refractivity contribution >= 4 is 12.0 Å². The first-order valence-corrected chi connectivity index (χ1v) is 12.0. The highest BCUT2D eigenvalue weighted by Crippen LogP contribution is 2.27. The highest BCUT2D eigenvalue weighted by molar-refractivity contribution is 6.01. The lowest BCUT2D eigenvalue weighted by atomic mass is 9.95. The van der Waals surface area contributed by atoms with E-state index in [0.717, 1.165) is 27.9 Å². The Morgan fingerprint density at radius 1 is 0.806 bits per heavy atom. The third-order valence-corrected chi connectivity index (χ3v) is 5.85. The molecule has 4 rings (SSSR count). The Kier molecular flexibility index (Phi) is 8.44. The Bertz CT molecular complexity index is 1290. The molecule has 0 aliphatic rings. The maximum Gasteiger partial charge on any atom is 0.408 e. The zero-order valence-corrected chi connectivity index (χ0v) is 20.2. The molecule has 3 aromatic carbocycles. The van der Waals surface area contributed by atoms with Crippen molar-refractivity contribution in [3.63, 3.8) is 0 Å². The van der Waals surface area contributed by atoms with Gasteiger partial charge in [-0.2, -0.15) is 0 Å². The van der Waals surface area contributed by atoms with Crippen LogP contribution in [0, 0.1) is 0 Å². The number of carbonyl (C=O) groups excluding carboxylic acids is 2. The summed E-state index contributed by atoms with van der Waals surface area (Å²) in [6.07, 6.45) is 1.53. The summed E-state index contributed by atoms with van der Waals surface area (Å²) in [5.74, 6) is -0.152. The molecule has 0 saturated heterocycles. The fraction of sp³-hybridized carbons (Fsp3) is 0.167. The number of alkyl carbamates (subject to hydrolysis) is 1. The van der Waals surface area contributed by atoms with Gasteiger partial charge in [-0.25, -0.2) is 4.79 Å². The SMILES string of the molecule is CC(OC(=O)NCc1ccccc1-c1ccccc1C(=O)NCCc1ccccn1)c1ccccc1. The smallest absolute Gasteiger partial charge is 0.408 e. The second kappa shape index (κ2) is 12.3. The molecule has 2 N–H and O–H groups in total. The molecule has 1 unspecified atom stereocenters. The van der Waals surface area contributed by atoms with Crippen molar-refractivity contribution in [2.24, 2.45) is 0 Å². The van der Waals surface area contributed by atoms with Gasteiger partial charge in [-0.15, -0.1) is 0 Å². The van der Waals surface area contributed by atoms with Gasteiger partial charge in [0.15, 0.2) is 0 Å². The maximum atomic E-state index is 13.0. The van der Waals surface area contributed by atoms with E-state index >= 15 is 0 Å². The summed E-state index contributed by atoms with van der Waals surface area (Å²) in [6.45, 7) is 2.59. The normalized spacial score (nSPS) is 11.4. The fourth-order valence-corrected chi connectivity index (χ4v) is 3.96. The average molecular weight is 480 g/mol. The Hall–Kier alpha value is -4.45. The minimum atomic E-state index is -0.498. The molecule has 1 atom stereocenters. The van der Waals surface area contributed by atoms with Gasteiger partial charge < -0.3 is 15.4 Å². The van der Waals surface area contributed by atoms with Crippen molar-refractivity contribution in [1.29, 1.82) is 0 Å². The first kappa shape index (κ1) is 24.7. The number of amides is 2. The van der Waals surface area contributed by atoms with Crippen LogP contribution in [0.5, 0.6) is 0 Å². The summed E-state index contributed by atoms with van der Waals surface area (Å²) in [5.41, 5.74) is 4.99. The van der Waals surface area contributed by atoms with E-state index in [-0.39, 0.29) is 18.6 Å². The van der Waals surface area contributed by atoms with Crippen molar-refractivity contribution in [1.82, 2.24) is 15.6 Å². The van der Waals surface area contributed by atoms with Crippen molar-refractivity contribution in [3.8, 4) is 11.1 Å². The maximum absolute atomic E-state index is 13.0. The van der Waals surface area contributed by atoms with Crippen molar-refractivity contribution in [2.75, 3.05) is 6.54 Å². The molecular weight excluding hydrogens is 450 g/mol. The minimum absolute atomic E-state index is 0.152. The van der Waals surface area contributed by atoms with Gasteiger partial charge in [0, 0.05) is 37.0 Å². The molecule has 6 heteroatoms. The molecule has 4 aromatic rings. The zero-order valence-electron chi connectivity index (χ0n) is 20.2. The lowest BCUT2D eigenvalue weighted by Gasteiger charge is -2.16. The van der Waals surface area contributed by atoms with Crippen molar-refractivity contribution in [3.05, 3.63) is 126 Å². The van der Waals surface area contributed by atoms with E-state index in [1.165, 1.54) is 0 Å². The van der Waals surface area contributed by atoms with E-state index < -0.39 is 6.09 Å². The van der Waals surface area contributed by atoms with Gasteiger partial charge in [0.25, 0.3) is 5.91 Å². The van der Waals surface area contributed by atoms with Crippen molar-refractivity contribution < 1.29 is 14.3 Å². The Morgan fingerprint density at radius 3 is 2.28 bits per heavy atom. The molecule has 0 aliphatic carbocycles. The van der Waals surface area contributed by atoms with Crippen LogP contribution in [-0.2, 0) is 17.7 Å². The van der Waals surface area contributed by atoms with Crippen LogP contribution >= 0.6 is 0 Å². The molecule has 2 amide bonds. The van der Waals surface area contributed by atoms with Crippen LogP contribution in [-0.4, -0.2) is 23.5 Å². The summed E-state index contributed by atoms with van der Waals surface area (Å²) < 4.78 is 5.53. The van der Waals surface area contributed by atoms with Gasteiger partial charge in [0.05, 0.1) is 0 Å². The lowest BCUT2D eigenvalue weighted by molar-refractivity contribution is 0.0954. The fourth-order valence-electron chi connectivity index (χ4n) is 3.96. The van der Waals surface area contributed by atoms with Gasteiger partial charge in [0.2, 0.25) is 0 Å². The van der Waals surface area contributed by atoms with E-state index in [9.17, 15) is 9.59 Å². The van der Waals surface area contributed by atoms with Gasteiger partial charge in [-0.3, -0.25) is 9.78 Å². The molecule has 6 nitrogen and oxygen atoms in total. The number of ether oxygens (including phenoxy) is 1. The van der Waals surface area contributed by atoms with Crippen LogP contribution in [0.3, 0.4) is 0 Å². The standard InChI is InChI=1S/C30H29N3O3/c1-22(23-11-3-2-4-12-23)36-30(35)33-21-24-13-5-6-15-26(24)27-16-7-8-17-28(27)29(34)32-20-18-25-14-9-10-19-31-25/h2-17,19,22H,18,20-21H2,1H3,(H,32,34)(H,33,35). The third-order valence-electron chi connectivity index (χ3n) is 5.85. The van der Waals surface area contributed by atoms with E-state index in [4.69, 9.17) is 4.74 Å². The highest BCUT2D eigenvalue weighted by Gasteiger charge is 2.16. The van der Waals surface area contributed by atoms with Crippen LogP contribution in [0.25, 0.3) is 11.1 Å². The van der Waals surface area contributed by atoms with Crippen LogP contribution in [0.2, 0.25) is 0 Å². The van der Waals surface area contributed by atoms with Crippen LogP contribution < -0.4 is 10.6 Å². The Morgan fingerprint density at radius 2 is 1.50 bits per heavy atom. The Balaban J connectivity index is 1.42. The molecule has 0 aliphatic heterocycles. The van der Waals surface area contributed by atoms with E-state index in [0.29, 0.717) is 18.5 Å². The van der Waals surface area contributed by atoms with E-state index in [1.807, 2.05) is 104 Å². The first-order chi connectivity index (χ1) is 17.6. The largest absolute Gasteiger partial charge is 0.442 e. The summed E-state index contributed by atoms with van der Waals surface area (Å²) in [4.78, 5) is 29.8. The summed E-state index contributed by atoms with van der Waals surface area (Å²) >= 11 is 0. The number of carbonyl (C=O) groups is 2. The minimum Gasteiger partial charge on any atom is -0.442 e. The molecule has 0 spiro atoms. The predicted octanol–water partition coefficient (Wildman–Crippen LogP) is 5.71. The van der Waals surface area contributed by atoms with Crippen molar-refractivity contribution in [2.45, 2.75) is 26.0 Å². The predicted molar refractivity (Wildman–Crippen MR) is 140 cm³/mol. The average Bonchev–Trinajstić information content (AvgIpc) is 2.93. The number of nitrogens with zero attached hydrogens (tertiary/aromatic N) is 1. The molecule has 0 radical (unpaired) electrons. The number of rotatable bonds is 9. The second-order valence-electron chi connectivity index (χ2n) is 8.34. The number of hydrogen-bond acceptors (Lipinski definition) is 4. The topological polar surface area (TPSA) is 80.3 Å². The summed E-state index contributed by atoms with van der Waals surface area (Å²) in [5, 5.41) is 5.84. The molecule has 182 valence electrons. The summed E-state index contributed by atoms with van der Waals surface area (Å²) in [6, 6.07) is 30.5. The van der Waals surface area contributed by atoms with Gasteiger partial charge in [0.1, 0.15) is 6.10 Å². The Labute approximate surface area is 211 Å². The second-order valence-corrected chi connectivity index (χ2v) is 8.34. The number of aromatic nitrogens is 1. The van der Waals surface area contributed by atoms with Crippen LogP contribution in [0.15, 0.2) is 103 Å². The van der Waals surface area contributed by atoms with E-state index in [1.54, 1.807) is 6.20 Å². The third kappa shape index (κ3) is 6.57. The number of nitrogens with one attached hydrogen (secondary N) is 2. The quantitative estimate of drug-likeness (QED) is 0.322. The molecule has 36 heavy (non-hydrogen) atoms. The van der Waals surface area contributed by atoms with Crippen LogP contribution in [0.1, 0.15) is 40.2 Å². The number of hydrogen-bond donors (Lipinski definition) is 2. The van der Waals surface area contributed by atoms with Gasteiger partial charge in [-0.05, 0) is 47.4 Å². The molecule has 1 aromatic heterocycles. The van der Waals surface area contributed by atoms with Crippen LogP contribution in [0.4, 0.5) is 4.79 Å². The summed E-state index contributed by atoms with van der Waals surface area (Å²) in [7, 11) is 0. The highest BCUT2D eigenvalue weighted by atomic mass is 16.6. The number of benzene rings is 3. The molecular formula is C30H29N3O3. The molecule has 0 saturated carbocycles. The molecule has 1 heterocycles. The van der Waals surface area contributed by atoms with E-state index in [2.05, 4.69) is 15.6 Å². The molecule has 0 bridgehead atoms. The zero-order chi connectivity index (χ0) is 25.2. The first-order valence-electron chi connectivity index (χ1n) is 12.0. The monoisotopic (exact) mass is 479 g/mol.